The molecule has 2 atom stereocenters. The van der Waals surface area contributed by atoms with Gasteiger partial charge in [-0.15, -0.1) is 0 Å². The van der Waals surface area contributed by atoms with Gasteiger partial charge in [-0.1, -0.05) is 30.8 Å². The van der Waals surface area contributed by atoms with Gasteiger partial charge in [-0.25, -0.2) is 4.79 Å². The van der Waals surface area contributed by atoms with Crippen molar-refractivity contribution in [3.05, 3.63) is 48.6 Å². The molecule has 0 radical (unpaired) electrons. The van der Waals surface area contributed by atoms with Crippen LogP contribution >= 0.6 is 0 Å². The standard InChI is InChI=1S/C25H27NO4/c1-15(2)22(28)30-25-12-16-9-17(13-25)11-24(10-16,14-25)23(29)26-20-7-3-6-19-18(20)5-4-8-21(19)27/h3-8,16-17,27H,1,9-14H2,2H3,(H,26,29). The van der Waals surface area contributed by atoms with Gasteiger partial charge >= 0.3 is 5.97 Å². The molecule has 2 aromatic carbocycles. The number of hydrogen-bond donors (Lipinski definition) is 2. The lowest BCUT2D eigenvalue weighted by atomic mass is 9.47. The minimum absolute atomic E-state index is 0.00296. The molecule has 0 spiro atoms. The Kier molecular flexibility index (Phi) is 4.21. The van der Waals surface area contributed by atoms with Crippen LogP contribution in [0, 0.1) is 17.3 Å². The second-order valence-electron chi connectivity index (χ2n) is 9.73. The van der Waals surface area contributed by atoms with Crippen LogP contribution in [0.15, 0.2) is 48.6 Å². The summed E-state index contributed by atoms with van der Waals surface area (Å²) in [6.45, 7) is 5.39. The number of fused-ring (bicyclic) bond motifs is 1. The molecule has 4 aliphatic rings. The molecule has 4 fully saturated rings. The van der Waals surface area contributed by atoms with E-state index in [-0.39, 0.29) is 17.6 Å². The van der Waals surface area contributed by atoms with E-state index in [0.29, 0.717) is 34.9 Å². The fourth-order valence-corrected chi connectivity index (χ4v) is 6.50. The number of hydrogen-bond acceptors (Lipinski definition) is 4. The van der Waals surface area contributed by atoms with Crippen molar-refractivity contribution in [2.75, 3.05) is 5.32 Å². The summed E-state index contributed by atoms with van der Waals surface area (Å²) >= 11 is 0. The zero-order chi connectivity index (χ0) is 21.1. The van der Waals surface area contributed by atoms with Crippen LogP contribution in [0.25, 0.3) is 10.8 Å². The van der Waals surface area contributed by atoms with Crippen LogP contribution in [-0.4, -0.2) is 22.6 Å². The minimum atomic E-state index is -0.547. The quantitative estimate of drug-likeness (QED) is 0.558. The van der Waals surface area contributed by atoms with E-state index in [1.165, 1.54) is 0 Å². The highest BCUT2D eigenvalue weighted by molar-refractivity contribution is 6.05. The van der Waals surface area contributed by atoms with Crippen molar-refractivity contribution in [1.29, 1.82) is 0 Å². The zero-order valence-electron chi connectivity index (χ0n) is 17.2. The number of nitrogens with one attached hydrogen (secondary N) is 1. The number of aromatic hydroxyl groups is 1. The number of phenols is 1. The van der Waals surface area contributed by atoms with E-state index in [9.17, 15) is 14.7 Å². The van der Waals surface area contributed by atoms with Crippen LogP contribution in [0.5, 0.6) is 5.75 Å². The van der Waals surface area contributed by atoms with Gasteiger partial charge in [0.25, 0.3) is 0 Å². The molecule has 30 heavy (non-hydrogen) atoms. The molecule has 5 heteroatoms. The van der Waals surface area contributed by atoms with E-state index in [2.05, 4.69) is 11.9 Å². The van der Waals surface area contributed by atoms with E-state index in [1.54, 1.807) is 19.1 Å². The number of benzene rings is 2. The molecule has 0 saturated heterocycles. The number of anilines is 1. The molecule has 4 saturated carbocycles. The van der Waals surface area contributed by atoms with Crippen LogP contribution in [0.3, 0.4) is 0 Å². The Bertz CT molecular complexity index is 1060. The molecule has 6 rings (SSSR count). The summed E-state index contributed by atoms with van der Waals surface area (Å²) in [5.74, 6) is 0.669. The third-order valence-corrected chi connectivity index (χ3v) is 7.29. The van der Waals surface area contributed by atoms with Crippen LogP contribution in [0.2, 0.25) is 0 Å². The lowest BCUT2D eigenvalue weighted by molar-refractivity contribution is -0.199. The average Bonchev–Trinajstić information content (AvgIpc) is 2.67. The van der Waals surface area contributed by atoms with Crippen molar-refractivity contribution < 1.29 is 19.4 Å². The third kappa shape index (κ3) is 2.99. The molecule has 0 aliphatic heterocycles. The molecule has 4 aliphatic carbocycles. The lowest BCUT2D eigenvalue weighted by Gasteiger charge is -2.60. The van der Waals surface area contributed by atoms with Gasteiger partial charge < -0.3 is 15.2 Å². The summed E-state index contributed by atoms with van der Waals surface area (Å²) in [5, 5.41) is 14.8. The average molecular weight is 405 g/mol. The lowest BCUT2D eigenvalue weighted by Crippen LogP contribution is -2.60. The summed E-state index contributed by atoms with van der Waals surface area (Å²) in [4.78, 5) is 25.9. The van der Waals surface area contributed by atoms with Crippen LogP contribution in [-0.2, 0) is 14.3 Å². The molecule has 2 unspecified atom stereocenters. The molecule has 2 aromatic rings. The largest absolute Gasteiger partial charge is 0.507 e. The van der Waals surface area contributed by atoms with Gasteiger partial charge in [0, 0.05) is 28.5 Å². The summed E-state index contributed by atoms with van der Waals surface area (Å²) < 4.78 is 5.97. The first-order chi connectivity index (χ1) is 14.3. The molecular weight excluding hydrogens is 378 g/mol. The fraction of sp³-hybridized carbons (Fsp3) is 0.440. The molecule has 0 aromatic heterocycles. The van der Waals surface area contributed by atoms with Gasteiger partial charge in [0.2, 0.25) is 5.91 Å². The second kappa shape index (κ2) is 6.59. The summed E-state index contributed by atoms with van der Waals surface area (Å²) in [7, 11) is 0. The maximum absolute atomic E-state index is 13.6. The Labute approximate surface area is 176 Å². The van der Waals surface area contributed by atoms with Crippen molar-refractivity contribution >= 4 is 28.3 Å². The molecular formula is C25H27NO4. The highest BCUT2D eigenvalue weighted by Gasteiger charge is 2.62. The number of ether oxygens (including phenoxy) is 1. The van der Waals surface area contributed by atoms with Crippen molar-refractivity contribution in [1.82, 2.24) is 0 Å². The predicted octanol–water partition coefficient (Wildman–Crippen LogP) is 4.94. The van der Waals surface area contributed by atoms with Crippen molar-refractivity contribution in [3.8, 4) is 5.75 Å². The summed E-state index contributed by atoms with van der Waals surface area (Å²) in [5.41, 5.74) is 0.0457. The summed E-state index contributed by atoms with van der Waals surface area (Å²) in [6, 6.07) is 10.9. The monoisotopic (exact) mass is 405 g/mol. The van der Waals surface area contributed by atoms with Gasteiger partial charge in [-0.3, -0.25) is 4.79 Å². The zero-order valence-corrected chi connectivity index (χ0v) is 17.2. The topological polar surface area (TPSA) is 75.6 Å². The molecule has 2 N–H and O–H groups in total. The van der Waals surface area contributed by atoms with Crippen LogP contribution < -0.4 is 5.32 Å². The molecule has 1 amide bonds. The molecule has 156 valence electrons. The number of carbonyl (C=O) groups excluding carboxylic acids is 2. The number of carbonyl (C=O) groups is 2. The Balaban J connectivity index is 1.45. The molecule has 4 bridgehead atoms. The predicted molar refractivity (Wildman–Crippen MR) is 115 cm³/mol. The van der Waals surface area contributed by atoms with Gasteiger partial charge in [0.05, 0.1) is 5.41 Å². The third-order valence-electron chi connectivity index (χ3n) is 7.29. The normalized spacial score (nSPS) is 31.5. The summed E-state index contributed by atoms with van der Waals surface area (Å²) in [6.07, 6.45) is 5.08. The van der Waals surface area contributed by atoms with E-state index < -0.39 is 11.0 Å². The van der Waals surface area contributed by atoms with E-state index in [4.69, 9.17) is 4.74 Å². The first-order valence-electron chi connectivity index (χ1n) is 10.7. The Morgan fingerprint density at radius 3 is 2.43 bits per heavy atom. The maximum Gasteiger partial charge on any atom is 0.333 e. The van der Waals surface area contributed by atoms with Crippen LogP contribution in [0.1, 0.15) is 45.4 Å². The number of esters is 1. The first kappa shape index (κ1) is 19.2. The highest BCUT2D eigenvalue weighted by Crippen LogP contribution is 2.63. The van der Waals surface area contributed by atoms with Crippen molar-refractivity contribution in [3.63, 3.8) is 0 Å². The minimum Gasteiger partial charge on any atom is -0.507 e. The van der Waals surface area contributed by atoms with E-state index >= 15 is 0 Å². The maximum atomic E-state index is 13.6. The van der Waals surface area contributed by atoms with Crippen molar-refractivity contribution in [2.24, 2.45) is 17.3 Å². The first-order valence-corrected chi connectivity index (χ1v) is 10.7. The fourth-order valence-electron chi connectivity index (χ4n) is 6.50. The van der Waals surface area contributed by atoms with Crippen molar-refractivity contribution in [2.45, 2.75) is 51.0 Å². The second-order valence-corrected chi connectivity index (χ2v) is 9.73. The number of rotatable bonds is 4. The van der Waals surface area contributed by atoms with Gasteiger partial charge in [0.15, 0.2) is 0 Å². The molecule has 0 heterocycles. The highest BCUT2D eigenvalue weighted by atomic mass is 16.6. The van der Waals surface area contributed by atoms with E-state index in [1.807, 2.05) is 24.3 Å². The molecule has 5 nitrogen and oxygen atoms in total. The Morgan fingerprint density at radius 2 is 1.73 bits per heavy atom. The number of phenolic OH excluding ortho intramolecular Hbond substituents is 1. The van der Waals surface area contributed by atoms with Gasteiger partial charge in [-0.2, -0.15) is 0 Å². The Morgan fingerprint density at radius 1 is 1.07 bits per heavy atom. The number of amides is 1. The smallest absolute Gasteiger partial charge is 0.333 e. The van der Waals surface area contributed by atoms with Crippen LogP contribution in [0.4, 0.5) is 5.69 Å². The van der Waals surface area contributed by atoms with Gasteiger partial charge in [-0.05, 0) is 63.0 Å². The van der Waals surface area contributed by atoms with Gasteiger partial charge in [0.1, 0.15) is 11.4 Å². The SMILES string of the molecule is C=C(C)C(=O)OC12CC3CC(C1)CC(C(=O)Nc1cccc4c(O)cccc14)(C3)C2. The Hall–Kier alpha value is -2.82. The van der Waals surface area contributed by atoms with E-state index in [0.717, 1.165) is 37.5 Å².